The van der Waals surface area contributed by atoms with Crippen molar-refractivity contribution in [2.75, 3.05) is 13.7 Å². The number of carboxylic acid groups (broad SMARTS) is 1. The minimum Gasteiger partial charge on any atom is -0.494 e. The van der Waals surface area contributed by atoms with Gasteiger partial charge in [-0.3, -0.25) is 9.59 Å². The molecule has 1 atom stereocenters. The van der Waals surface area contributed by atoms with Crippen molar-refractivity contribution in [1.82, 2.24) is 19.9 Å². The van der Waals surface area contributed by atoms with Crippen molar-refractivity contribution >= 4 is 22.9 Å². The first-order valence-electron chi connectivity index (χ1n) is 12.5. The van der Waals surface area contributed by atoms with Gasteiger partial charge in [0.05, 0.1) is 13.5 Å². The molecule has 4 aromatic rings. The highest BCUT2D eigenvalue weighted by molar-refractivity contribution is 5.94. The molecule has 0 saturated carbocycles. The van der Waals surface area contributed by atoms with Crippen LogP contribution in [0.5, 0.6) is 5.75 Å². The van der Waals surface area contributed by atoms with E-state index < -0.39 is 11.9 Å². The van der Waals surface area contributed by atoms with E-state index in [1.54, 1.807) is 18.8 Å². The molecule has 8 nitrogen and oxygen atoms in total. The average molecular weight is 499 g/mol. The molecule has 0 saturated heterocycles. The van der Waals surface area contributed by atoms with Crippen LogP contribution in [0.15, 0.2) is 54.6 Å². The number of nitrogens with zero attached hydrogens (tertiary/aromatic N) is 4. The van der Waals surface area contributed by atoms with E-state index in [1.807, 2.05) is 59.5 Å². The molecule has 37 heavy (non-hydrogen) atoms. The van der Waals surface area contributed by atoms with Crippen LogP contribution in [0, 0.1) is 0 Å². The van der Waals surface area contributed by atoms with Gasteiger partial charge in [-0.25, -0.2) is 4.68 Å². The minimum atomic E-state index is -0.885. The Morgan fingerprint density at radius 3 is 2.62 bits per heavy atom. The van der Waals surface area contributed by atoms with Crippen molar-refractivity contribution in [3.05, 3.63) is 88.0 Å². The highest BCUT2D eigenvalue weighted by atomic mass is 16.5. The lowest BCUT2D eigenvalue weighted by Gasteiger charge is -2.32. The molecule has 1 N–H and O–H groups in total. The molecule has 0 spiro atoms. The van der Waals surface area contributed by atoms with E-state index in [0.29, 0.717) is 36.3 Å². The largest absolute Gasteiger partial charge is 0.494 e. The van der Waals surface area contributed by atoms with Gasteiger partial charge in [0, 0.05) is 31.6 Å². The lowest BCUT2D eigenvalue weighted by atomic mass is 9.82. The van der Waals surface area contributed by atoms with Gasteiger partial charge in [0.25, 0.3) is 5.91 Å². The first kappa shape index (κ1) is 24.5. The second kappa shape index (κ2) is 10.0. The number of rotatable bonds is 7. The number of carboxylic acids is 1. The first-order valence-corrected chi connectivity index (χ1v) is 12.5. The number of ether oxygens (including phenoxy) is 1. The average Bonchev–Trinajstić information content (AvgIpc) is 3.30. The van der Waals surface area contributed by atoms with E-state index in [2.05, 4.69) is 17.2 Å². The van der Waals surface area contributed by atoms with Gasteiger partial charge in [0.1, 0.15) is 16.8 Å². The van der Waals surface area contributed by atoms with E-state index >= 15 is 0 Å². The number of aliphatic carboxylic acids is 1. The van der Waals surface area contributed by atoms with Crippen LogP contribution in [0.1, 0.15) is 57.4 Å². The predicted molar refractivity (Wildman–Crippen MR) is 140 cm³/mol. The summed E-state index contributed by atoms with van der Waals surface area (Å²) >= 11 is 0. The van der Waals surface area contributed by atoms with E-state index in [0.717, 1.165) is 34.2 Å². The molecule has 1 aliphatic rings. The van der Waals surface area contributed by atoms with E-state index in [9.17, 15) is 14.7 Å². The second-order valence-corrected chi connectivity index (χ2v) is 9.47. The second-order valence-electron chi connectivity index (χ2n) is 9.47. The van der Waals surface area contributed by atoms with Crippen LogP contribution in [0.4, 0.5) is 0 Å². The molecule has 0 aliphatic carbocycles. The highest BCUT2D eigenvalue weighted by Gasteiger charge is 2.28. The van der Waals surface area contributed by atoms with Gasteiger partial charge in [0.2, 0.25) is 0 Å². The molecular weight excluding hydrogens is 468 g/mol. The Labute approximate surface area is 215 Å². The summed E-state index contributed by atoms with van der Waals surface area (Å²) < 4.78 is 7.26. The summed E-state index contributed by atoms with van der Waals surface area (Å²) in [6.45, 7) is 3.16. The highest BCUT2D eigenvalue weighted by Crippen LogP contribution is 2.38. The van der Waals surface area contributed by atoms with Crippen molar-refractivity contribution in [3.8, 4) is 5.75 Å². The Morgan fingerprint density at radius 2 is 1.92 bits per heavy atom. The summed E-state index contributed by atoms with van der Waals surface area (Å²) in [4.78, 5) is 27.1. The van der Waals surface area contributed by atoms with E-state index in [1.165, 1.54) is 5.56 Å². The third kappa shape index (κ3) is 4.67. The Balaban J connectivity index is 1.50. The summed E-state index contributed by atoms with van der Waals surface area (Å²) in [6, 6.07) is 17.6. The smallest absolute Gasteiger partial charge is 0.304 e. The van der Waals surface area contributed by atoms with Crippen LogP contribution in [0.2, 0.25) is 0 Å². The SMILES string of the molecule is CCc1ccc(C(=O)N2CCc3c(cccc3C(CC(=O)O)c3cc(OC)c4c(c3)nnn4C)C2)cc1. The first-order chi connectivity index (χ1) is 17.9. The van der Waals surface area contributed by atoms with E-state index in [4.69, 9.17) is 4.74 Å². The quantitative estimate of drug-likeness (QED) is 0.407. The van der Waals surface area contributed by atoms with Gasteiger partial charge in [0.15, 0.2) is 0 Å². The van der Waals surface area contributed by atoms with Crippen LogP contribution >= 0.6 is 0 Å². The molecular formula is C29H30N4O4. The van der Waals surface area contributed by atoms with Crippen molar-refractivity contribution in [2.45, 2.75) is 38.6 Å². The number of aromatic nitrogens is 3. The molecule has 1 unspecified atom stereocenters. The molecule has 8 heteroatoms. The van der Waals surface area contributed by atoms with Gasteiger partial charge in [-0.1, -0.05) is 42.5 Å². The van der Waals surface area contributed by atoms with Crippen molar-refractivity contribution < 1.29 is 19.4 Å². The van der Waals surface area contributed by atoms with Gasteiger partial charge < -0.3 is 14.7 Å². The van der Waals surface area contributed by atoms with Crippen LogP contribution in [-0.4, -0.2) is 50.5 Å². The molecule has 1 amide bonds. The Hall–Kier alpha value is -4.20. The Kier molecular flexibility index (Phi) is 6.65. The number of fused-ring (bicyclic) bond motifs is 2. The predicted octanol–water partition coefficient (Wildman–Crippen LogP) is 4.34. The fourth-order valence-electron chi connectivity index (χ4n) is 5.32. The van der Waals surface area contributed by atoms with E-state index in [-0.39, 0.29) is 12.3 Å². The number of hydrogen-bond donors (Lipinski definition) is 1. The van der Waals surface area contributed by atoms with Crippen molar-refractivity contribution in [2.24, 2.45) is 7.05 Å². The molecule has 5 rings (SSSR count). The maximum Gasteiger partial charge on any atom is 0.304 e. The topological polar surface area (TPSA) is 97.6 Å². The summed E-state index contributed by atoms with van der Waals surface area (Å²) in [5.41, 5.74) is 7.23. The monoisotopic (exact) mass is 498 g/mol. The lowest BCUT2D eigenvalue weighted by Crippen LogP contribution is -2.36. The zero-order valence-electron chi connectivity index (χ0n) is 21.3. The normalized spacial score (nSPS) is 13.9. The molecule has 3 aromatic carbocycles. The third-order valence-electron chi connectivity index (χ3n) is 7.26. The zero-order valence-corrected chi connectivity index (χ0v) is 21.3. The number of amides is 1. The number of benzene rings is 3. The maximum atomic E-state index is 13.2. The van der Waals surface area contributed by atoms with Crippen LogP contribution < -0.4 is 4.74 Å². The third-order valence-corrected chi connectivity index (χ3v) is 7.26. The van der Waals surface area contributed by atoms with Crippen LogP contribution in [0.25, 0.3) is 11.0 Å². The molecule has 1 aromatic heterocycles. The van der Waals surface area contributed by atoms with Crippen LogP contribution in [0.3, 0.4) is 0 Å². The molecule has 190 valence electrons. The van der Waals surface area contributed by atoms with Gasteiger partial charge in [-0.15, -0.1) is 5.10 Å². The van der Waals surface area contributed by atoms with Crippen molar-refractivity contribution in [3.63, 3.8) is 0 Å². The maximum absolute atomic E-state index is 13.2. The number of hydrogen-bond acceptors (Lipinski definition) is 5. The van der Waals surface area contributed by atoms with Gasteiger partial charge in [-0.05, 0) is 64.9 Å². The zero-order chi connectivity index (χ0) is 26.1. The van der Waals surface area contributed by atoms with Crippen LogP contribution in [-0.2, 0) is 31.2 Å². The van der Waals surface area contributed by atoms with Crippen molar-refractivity contribution in [1.29, 1.82) is 0 Å². The number of carbonyl (C=O) groups is 2. The summed E-state index contributed by atoms with van der Waals surface area (Å²) in [5.74, 6) is -0.662. The number of methoxy groups -OCH3 is 1. The summed E-state index contributed by atoms with van der Waals surface area (Å²) in [6.07, 6.45) is 1.52. The molecule has 0 fully saturated rings. The number of carbonyl (C=O) groups excluding carboxylic acids is 1. The van der Waals surface area contributed by atoms with Gasteiger partial charge in [-0.2, -0.15) is 0 Å². The standard InChI is InChI=1S/C29H30N4O4/c1-4-18-8-10-19(11-9-18)29(36)33-13-12-22-20(17-33)6-5-7-23(22)24(16-27(34)35)21-14-25-28(26(15-21)37-3)32(2)31-30-25/h5-11,14-15,24H,4,12-13,16-17H2,1-3H3,(H,34,35). The molecule has 1 aliphatic heterocycles. The lowest BCUT2D eigenvalue weighted by molar-refractivity contribution is -0.137. The Morgan fingerprint density at radius 1 is 1.14 bits per heavy atom. The fourth-order valence-corrected chi connectivity index (χ4v) is 5.32. The summed E-state index contributed by atoms with van der Waals surface area (Å²) in [5, 5.41) is 18.2. The minimum absolute atomic E-state index is 0.0126. The van der Waals surface area contributed by atoms with Gasteiger partial charge >= 0.3 is 5.97 Å². The molecule has 0 bridgehead atoms. The fraction of sp³-hybridized carbons (Fsp3) is 0.310. The summed E-state index contributed by atoms with van der Waals surface area (Å²) in [7, 11) is 3.38. The Bertz CT molecular complexity index is 1480. The molecule has 2 heterocycles. The molecule has 0 radical (unpaired) electrons. The number of aryl methyl sites for hydroxylation is 2.